The molecule has 0 fully saturated rings. The molecule has 3 N–H and O–H groups in total. The highest BCUT2D eigenvalue weighted by Crippen LogP contribution is 2.13. The number of hydrogen-bond donors (Lipinski definition) is 3. The molecule has 1 heterocycles. The van der Waals surface area contributed by atoms with Crippen LogP contribution in [-0.2, 0) is 4.79 Å². The van der Waals surface area contributed by atoms with E-state index in [4.69, 9.17) is 10.2 Å². The summed E-state index contributed by atoms with van der Waals surface area (Å²) in [6.07, 6.45) is 3.33. The third-order valence-electron chi connectivity index (χ3n) is 1.68. The summed E-state index contributed by atoms with van der Waals surface area (Å²) < 4.78 is 0. The molecule has 1 rings (SSSR count). The van der Waals surface area contributed by atoms with Gasteiger partial charge in [0.15, 0.2) is 0 Å². The van der Waals surface area contributed by atoms with Crippen molar-refractivity contribution in [3.8, 4) is 0 Å². The summed E-state index contributed by atoms with van der Waals surface area (Å²) in [6, 6.07) is 0. The second kappa shape index (κ2) is 3.39. The van der Waals surface area contributed by atoms with Gasteiger partial charge in [-0.3, -0.25) is 4.79 Å². The minimum Gasteiger partial charge on any atom is -0.481 e. The first kappa shape index (κ1) is 8.07. The Bertz CT molecular complexity index is 179. The van der Waals surface area contributed by atoms with E-state index in [9.17, 15) is 4.79 Å². The number of carboxylic acids is 1. The smallest absolute Gasteiger partial charge is 0.306 e. The van der Waals surface area contributed by atoms with Crippen molar-refractivity contribution in [3.05, 3.63) is 12.3 Å². The van der Waals surface area contributed by atoms with Crippen LogP contribution in [0.3, 0.4) is 0 Å². The SMILES string of the molecule is O=C(O)C1CC=CNC(O)C1. The zero-order valence-electron chi connectivity index (χ0n) is 6.03. The van der Waals surface area contributed by atoms with E-state index in [1.165, 1.54) is 0 Å². The maximum absolute atomic E-state index is 10.5. The first-order valence-corrected chi connectivity index (χ1v) is 3.52. The molecule has 0 aromatic heterocycles. The molecule has 0 bridgehead atoms. The van der Waals surface area contributed by atoms with Crippen molar-refractivity contribution in [1.82, 2.24) is 5.32 Å². The van der Waals surface area contributed by atoms with Crippen LogP contribution >= 0.6 is 0 Å². The highest BCUT2D eigenvalue weighted by atomic mass is 16.4. The zero-order valence-corrected chi connectivity index (χ0v) is 6.03. The topological polar surface area (TPSA) is 69.6 Å². The highest BCUT2D eigenvalue weighted by Gasteiger charge is 2.21. The van der Waals surface area contributed by atoms with Gasteiger partial charge >= 0.3 is 5.97 Å². The summed E-state index contributed by atoms with van der Waals surface area (Å²) in [5, 5.41) is 20.3. The van der Waals surface area contributed by atoms with Crippen LogP contribution in [0.2, 0.25) is 0 Å². The lowest BCUT2D eigenvalue weighted by molar-refractivity contribution is -0.142. The van der Waals surface area contributed by atoms with Gasteiger partial charge in [-0.05, 0) is 12.6 Å². The van der Waals surface area contributed by atoms with Crippen LogP contribution in [0.1, 0.15) is 12.8 Å². The summed E-state index contributed by atoms with van der Waals surface area (Å²) in [6.45, 7) is 0. The van der Waals surface area contributed by atoms with E-state index in [0.717, 1.165) is 0 Å². The Morgan fingerprint density at radius 3 is 3.00 bits per heavy atom. The number of allylic oxidation sites excluding steroid dienone is 1. The normalized spacial score (nSPS) is 30.6. The maximum Gasteiger partial charge on any atom is 0.306 e. The number of aliphatic hydroxyl groups is 1. The second-order valence-corrected chi connectivity index (χ2v) is 2.59. The van der Waals surface area contributed by atoms with Crippen LogP contribution in [0, 0.1) is 5.92 Å². The van der Waals surface area contributed by atoms with E-state index in [1.54, 1.807) is 12.3 Å². The molecule has 0 aromatic carbocycles. The number of aliphatic hydroxyl groups excluding tert-OH is 1. The van der Waals surface area contributed by atoms with Crippen molar-refractivity contribution in [3.63, 3.8) is 0 Å². The fourth-order valence-electron chi connectivity index (χ4n) is 1.05. The first-order valence-electron chi connectivity index (χ1n) is 3.52. The third-order valence-corrected chi connectivity index (χ3v) is 1.68. The van der Waals surface area contributed by atoms with Crippen LogP contribution in [0.15, 0.2) is 12.3 Å². The maximum atomic E-state index is 10.5. The van der Waals surface area contributed by atoms with Gasteiger partial charge in [0.25, 0.3) is 0 Å². The lowest BCUT2D eigenvalue weighted by Crippen LogP contribution is -2.27. The van der Waals surface area contributed by atoms with Gasteiger partial charge < -0.3 is 15.5 Å². The Balaban J connectivity index is 2.54. The second-order valence-electron chi connectivity index (χ2n) is 2.59. The Hall–Kier alpha value is -1.03. The van der Waals surface area contributed by atoms with Gasteiger partial charge in [-0.2, -0.15) is 0 Å². The van der Waals surface area contributed by atoms with E-state index in [0.29, 0.717) is 6.42 Å². The predicted octanol–water partition coefficient (Wildman–Crippen LogP) is -0.0973. The van der Waals surface area contributed by atoms with Crippen LogP contribution in [-0.4, -0.2) is 22.4 Å². The van der Waals surface area contributed by atoms with Gasteiger partial charge in [0.2, 0.25) is 0 Å². The quantitative estimate of drug-likeness (QED) is 0.497. The van der Waals surface area contributed by atoms with Crippen LogP contribution in [0.4, 0.5) is 0 Å². The van der Waals surface area contributed by atoms with Gasteiger partial charge in [-0.15, -0.1) is 0 Å². The molecule has 0 radical (unpaired) electrons. The zero-order chi connectivity index (χ0) is 8.27. The van der Waals surface area contributed by atoms with Crippen molar-refractivity contribution < 1.29 is 15.0 Å². The lowest BCUT2D eigenvalue weighted by Gasteiger charge is -2.11. The highest BCUT2D eigenvalue weighted by molar-refractivity contribution is 5.70. The molecule has 1 aliphatic rings. The van der Waals surface area contributed by atoms with Gasteiger partial charge in [0.1, 0.15) is 6.23 Å². The Labute approximate surface area is 64.5 Å². The Morgan fingerprint density at radius 1 is 1.64 bits per heavy atom. The predicted molar refractivity (Wildman–Crippen MR) is 38.6 cm³/mol. The lowest BCUT2D eigenvalue weighted by atomic mass is 10.0. The molecule has 1 aliphatic heterocycles. The molecule has 0 saturated carbocycles. The van der Waals surface area contributed by atoms with Crippen LogP contribution in [0.25, 0.3) is 0 Å². The molecule has 0 aromatic rings. The van der Waals surface area contributed by atoms with Crippen molar-refractivity contribution >= 4 is 5.97 Å². The molecule has 62 valence electrons. The minimum atomic E-state index is -0.850. The fraction of sp³-hybridized carbons (Fsp3) is 0.571. The molecule has 2 atom stereocenters. The summed E-state index contributed by atoms with van der Waals surface area (Å²) in [7, 11) is 0. The molecule has 11 heavy (non-hydrogen) atoms. The number of hydrogen-bond acceptors (Lipinski definition) is 3. The summed E-state index contributed by atoms with van der Waals surface area (Å²) in [5.41, 5.74) is 0. The molecule has 0 spiro atoms. The fourth-order valence-corrected chi connectivity index (χ4v) is 1.05. The van der Waals surface area contributed by atoms with Crippen molar-refractivity contribution in [1.29, 1.82) is 0 Å². The number of carboxylic acid groups (broad SMARTS) is 1. The van der Waals surface area contributed by atoms with Gasteiger partial charge in [-0.25, -0.2) is 0 Å². The van der Waals surface area contributed by atoms with Crippen LogP contribution < -0.4 is 5.32 Å². The summed E-state index contributed by atoms with van der Waals surface area (Å²) in [4.78, 5) is 10.5. The van der Waals surface area contributed by atoms with Gasteiger partial charge in [0.05, 0.1) is 5.92 Å². The number of carbonyl (C=O) groups is 1. The average Bonchev–Trinajstić information content (AvgIpc) is 2.13. The molecule has 0 aliphatic carbocycles. The van der Waals surface area contributed by atoms with E-state index >= 15 is 0 Å². The van der Waals surface area contributed by atoms with E-state index in [-0.39, 0.29) is 6.42 Å². The van der Waals surface area contributed by atoms with Gasteiger partial charge in [0, 0.05) is 6.42 Å². The third kappa shape index (κ3) is 2.23. The first-order chi connectivity index (χ1) is 5.20. The van der Waals surface area contributed by atoms with Crippen molar-refractivity contribution in [2.75, 3.05) is 0 Å². The van der Waals surface area contributed by atoms with E-state index in [1.807, 2.05) is 0 Å². The van der Waals surface area contributed by atoms with Crippen molar-refractivity contribution in [2.45, 2.75) is 19.1 Å². The summed E-state index contributed by atoms with van der Waals surface area (Å²) in [5.74, 6) is -1.31. The Kier molecular flexibility index (Phi) is 2.48. The molecule has 2 unspecified atom stereocenters. The molecular weight excluding hydrogens is 146 g/mol. The minimum absolute atomic E-state index is 0.266. The number of nitrogens with one attached hydrogen (secondary N) is 1. The monoisotopic (exact) mass is 157 g/mol. The molecule has 0 saturated heterocycles. The number of aliphatic carboxylic acids is 1. The largest absolute Gasteiger partial charge is 0.481 e. The Morgan fingerprint density at radius 2 is 2.36 bits per heavy atom. The average molecular weight is 157 g/mol. The standard InChI is InChI=1S/C7H11NO3/c9-6-4-5(7(10)11)2-1-3-8-6/h1,3,5-6,8-9H,2,4H2,(H,10,11). The molecule has 4 heteroatoms. The van der Waals surface area contributed by atoms with Gasteiger partial charge in [-0.1, -0.05) is 6.08 Å². The number of rotatable bonds is 1. The van der Waals surface area contributed by atoms with E-state index in [2.05, 4.69) is 5.32 Å². The molecule has 4 nitrogen and oxygen atoms in total. The summed E-state index contributed by atoms with van der Waals surface area (Å²) >= 11 is 0. The molecule has 0 amide bonds. The van der Waals surface area contributed by atoms with Crippen molar-refractivity contribution in [2.24, 2.45) is 5.92 Å². The molecular formula is C7H11NO3. The van der Waals surface area contributed by atoms with E-state index < -0.39 is 18.1 Å². The van der Waals surface area contributed by atoms with Crippen LogP contribution in [0.5, 0.6) is 0 Å².